The highest BCUT2D eigenvalue weighted by atomic mass is 35.5. The number of rotatable bonds is 8. The number of benzene rings is 4. The van der Waals surface area contributed by atoms with Gasteiger partial charge in [-0.05, 0) is 65.7 Å². The van der Waals surface area contributed by atoms with Crippen molar-refractivity contribution in [3.63, 3.8) is 0 Å². The van der Waals surface area contributed by atoms with Crippen LogP contribution in [0.25, 0.3) is 6.08 Å². The molecule has 0 fully saturated rings. The summed E-state index contributed by atoms with van der Waals surface area (Å²) < 4.78 is 0. The zero-order valence-corrected chi connectivity index (χ0v) is 20.5. The van der Waals surface area contributed by atoms with Gasteiger partial charge in [-0.15, -0.1) is 0 Å². The molecule has 3 amide bonds. The Morgan fingerprint density at radius 2 is 1.27 bits per heavy atom. The predicted octanol–water partition coefficient (Wildman–Crippen LogP) is 5.93. The molecule has 4 aromatic rings. The molecular weight excluding hydrogens is 486 g/mol. The molecular formula is C30H24ClN3O3. The van der Waals surface area contributed by atoms with Crippen LogP contribution in [-0.4, -0.2) is 17.7 Å². The normalized spacial score (nSPS) is 10.9. The van der Waals surface area contributed by atoms with Gasteiger partial charge in [0.15, 0.2) is 0 Å². The fourth-order valence-electron chi connectivity index (χ4n) is 3.48. The van der Waals surface area contributed by atoms with Crippen LogP contribution in [0.15, 0.2) is 115 Å². The Morgan fingerprint density at radius 1 is 0.676 bits per heavy atom. The van der Waals surface area contributed by atoms with E-state index in [1.54, 1.807) is 78.9 Å². The van der Waals surface area contributed by atoms with Gasteiger partial charge in [0.25, 0.3) is 11.8 Å². The first-order valence-corrected chi connectivity index (χ1v) is 11.9. The molecule has 0 aliphatic rings. The molecule has 4 rings (SSSR count). The van der Waals surface area contributed by atoms with E-state index in [4.69, 9.17) is 11.6 Å². The van der Waals surface area contributed by atoms with Crippen molar-refractivity contribution in [3.8, 4) is 0 Å². The quantitative estimate of drug-likeness (QED) is 0.257. The van der Waals surface area contributed by atoms with E-state index in [2.05, 4.69) is 16.0 Å². The summed E-state index contributed by atoms with van der Waals surface area (Å²) >= 11 is 5.97. The summed E-state index contributed by atoms with van der Waals surface area (Å²) in [5.41, 5.74) is 3.24. The van der Waals surface area contributed by atoms with E-state index < -0.39 is 11.8 Å². The number of carbonyl (C=O) groups is 3. The molecule has 0 unspecified atom stereocenters. The zero-order valence-electron chi connectivity index (χ0n) is 19.8. The van der Waals surface area contributed by atoms with Gasteiger partial charge < -0.3 is 16.0 Å². The number of halogens is 1. The van der Waals surface area contributed by atoms with E-state index in [9.17, 15) is 14.4 Å². The summed E-state index contributed by atoms with van der Waals surface area (Å²) in [5.74, 6) is -1.04. The van der Waals surface area contributed by atoms with Crippen molar-refractivity contribution in [1.82, 2.24) is 5.32 Å². The maximum atomic E-state index is 13.1. The topological polar surface area (TPSA) is 87.3 Å². The molecule has 0 saturated heterocycles. The third-order valence-corrected chi connectivity index (χ3v) is 5.60. The van der Waals surface area contributed by atoms with E-state index >= 15 is 0 Å². The highest BCUT2D eigenvalue weighted by Crippen LogP contribution is 2.16. The molecule has 37 heavy (non-hydrogen) atoms. The van der Waals surface area contributed by atoms with Gasteiger partial charge in [0, 0.05) is 22.0 Å². The van der Waals surface area contributed by atoms with Crippen LogP contribution >= 0.6 is 11.6 Å². The van der Waals surface area contributed by atoms with Gasteiger partial charge in [0.05, 0.1) is 6.42 Å². The largest absolute Gasteiger partial charge is 0.326 e. The Morgan fingerprint density at radius 3 is 1.92 bits per heavy atom. The fourth-order valence-corrected chi connectivity index (χ4v) is 3.61. The van der Waals surface area contributed by atoms with Gasteiger partial charge in [0.2, 0.25) is 5.91 Å². The molecule has 0 bridgehead atoms. The number of carbonyl (C=O) groups excluding carboxylic acids is 3. The van der Waals surface area contributed by atoms with Crippen LogP contribution in [0, 0.1) is 0 Å². The molecule has 184 valence electrons. The molecule has 4 aromatic carbocycles. The Kier molecular flexibility index (Phi) is 8.47. The van der Waals surface area contributed by atoms with Crippen LogP contribution < -0.4 is 16.0 Å². The van der Waals surface area contributed by atoms with Gasteiger partial charge in [-0.1, -0.05) is 72.3 Å². The van der Waals surface area contributed by atoms with Crippen LogP contribution in [0.5, 0.6) is 0 Å². The smallest absolute Gasteiger partial charge is 0.272 e. The van der Waals surface area contributed by atoms with Crippen molar-refractivity contribution in [1.29, 1.82) is 0 Å². The summed E-state index contributed by atoms with van der Waals surface area (Å²) in [7, 11) is 0. The molecule has 0 saturated carbocycles. The van der Waals surface area contributed by atoms with Crippen molar-refractivity contribution in [3.05, 3.63) is 137 Å². The third-order valence-electron chi connectivity index (χ3n) is 5.34. The second-order valence-electron chi connectivity index (χ2n) is 8.17. The van der Waals surface area contributed by atoms with Gasteiger partial charge in [-0.2, -0.15) is 0 Å². The highest BCUT2D eigenvalue weighted by molar-refractivity contribution is 6.30. The van der Waals surface area contributed by atoms with Crippen molar-refractivity contribution in [2.75, 3.05) is 10.6 Å². The van der Waals surface area contributed by atoms with E-state index in [-0.39, 0.29) is 18.0 Å². The number of hydrogen-bond acceptors (Lipinski definition) is 3. The second-order valence-corrected chi connectivity index (χ2v) is 8.61. The van der Waals surface area contributed by atoms with Gasteiger partial charge >= 0.3 is 0 Å². The Bertz CT molecular complexity index is 1400. The lowest BCUT2D eigenvalue weighted by atomic mass is 10.1. The first-order valence-electron chi connectivity index (χ1n) is 11.5. The summed E-state index contributed by atoms with van der Waals surface area (Å²) in [5, 5.41) is 8.91. The first kappa shape index (κ1) is 25.4. The van der Waals surface area contributed by atoms with Crippen LogP contribution in [0.4, 0.5) is 11.4 Å². The number of amides is 3. The van der Waals surface area contributed by atoms with E-state index in [0.717, 1.165) is 11.3 Å². The minimum absolute atomic E-state index is 0.0718. The Labute approximate surface area is 220 Å². The molecule has 0 spiro atoms. The lowest BCUT2D eigenvalue weighted by Crippen LogP contribution is -2.30. The first-order chi connectivity index (χ1) is 18.0. The van der Waals surface area contributed by atoms with Crippen molar-refractivity contribution >= 4 is 46.8 Å². The number of anilines is 2. The minimum Gasteiger partial charge on any atom is -0.326 e. The van der Waals surface area contributed by atoms with Crippen LogP contribution in [0.3, 0.4) is 0 Å². The van der Waals surface area contributed by atoms with E-state index in [1.165, 1.54) is 0 Å². The summed E-state index contributed by atoms with van der Waals surface area (Å²) in [6.07, 6.45) is 1.77. The van der Waals surface area contributed by atoms with Crippen molar-refractivity contribution < 1.29 is 14.4 Å². The Hall–Kier alpha value is -4.68. The molecule has 6 nitrogen and oxygen atoms in total. The number of nitrogens with one attached hydrogen (secondary N) is 3. The summed E-state index contributed by atoms with van der Waals surface area (Å²) in [6, 6.07) is 31.7. The highest BCUT2D eigenvalue weighted by Gasteiger charge is 2.15. The molecule has 0 radical (unpaired) electrons. The van der Waals surface area contributed by atoms with Crippen molar-refractivity contribution in [2.45, 2.75) is 6.42 Å². The van der Waals surface area contributed by atoms with E-state index in [1.807, 2.05) is 36.4 Å². The number of hydrogen-bond donors (Lipinski definition) is 3. The second kappa shape index (κ2) is 12.3. The van der Waals surface area contributed by atoms with Crippen LogP contribution in [0.1, 0.15) is 21.5 Å². The molecule has 3 N–H and O–H groups in total. The fraction of sp³-hybridized carbons (Fsp3) is 0.0333. The molecule has 0 heterocycles. The summed E-state index contributed by atoms with van der Waals surface area (Å²) in [4.78, 5) is 38.2. The van der Waals surface area contributed by atoms with Gasteiger partial charge in [-0.3, -0.25) is 14.4 Å². The average molecular weight is 510 g/mol. The lowest BCUT2D eigenvalue weighted by molar-refractivity contribution is -0.115. The van der Waals surface area contributed by atoms with Crippen LogP contribution in [0.2, 0.25) is 5.02 Å². The molecule has 0 aromatic heterocycles. The van der Waals surface area contributed by atoms with Crippen molar-refractivity contribution in [2.24, 2.45) is 0 Å². The molecule has 0 aliphatic heterocycles. The van der Waals surface area contributed by atoms with E-state index in [0.29, 0.717) is 21.8 Å². The maximum Gasteiger partial charge on any atom is 0.272 e. The predicted molar refractivity (Wildman–Crippen MR) is 147 cm³/mol. The van der Waals surface area contributed by atoms with Gasteiger partial charge in [-0.25, -0.2) is 0 Å². The van der Waals surface area contributed by atoms with Crippen LogP contribution in [-0.2, 0) is 16.0 Å². The maximum absolute atomic E-state index is 13.1. The molecule has 7 heteroatoms. The standard InChI is InChI=1S/C30H24ClN3O3/c31-24-15-11-21(12-16-24)19-27(34-29(36)23-7-3-1-4-8-23)30(37)33-26-17-13-22(14-18-26)20-28(35)32-25-9-5-2-6-10-25/h1-19H,20H2,(H,32,35)(H,33,37)(H,34,36)/b27-19-. The number of para-hydroxylation sites is 1. The Balaban J connectivity index is 1.45. The SMILES string of the molecule is O=C(Cc1ccc(NC(=O)/C(=C/c2ccc(Cl)cc2)NC(=O)c2ccccc2)cc1)Nc1ccccc1. The molecule has 0 atom stereocenters. The summed E-state index contributed by atoms with van der Waals surface area (Å²) in [6.45, 7) is 0. The third kappa shape index (κ3) is 7.65. The molecule has 0 aliphatic carbocycles. The lowest BCUT2D eigenvalue weighted by Gasteiger charge is -2.12. The minimum atomic E-state index is -0.492. The monoisotopic (exact) mass is 509 g/mol. The van der Waals surface area contributed by atoms with Gasteiger partial charge in [0.1, 0.15) is 5.70 Å². The zero-order chi connectivity index (χ0) is 26.0. The average Bonchev–Trinajstić information content (AvgIpc) is 2.91.